The van der Waals surface area contributed by atoms with E-state index in [0.29, 0.717) is 54.7 Å². The van der Waals surface area contributed by atoms with Crippen LogP contribution >= 0.6 is 0 Å². The lowest BCUT2D eigenvalue weighted by Crippen LogP contribution is -2.19. The van der Waals surface area contributed by atoms with Crippen LogP contribution in [0.3, 0.4) is 0 Å². The zero-order chi connectivity index (χ0) is 22.6. The monoisotopic (exact) mass is 424 g/mol. The Morgan fingerprint density at radius 1 is 0.710 bits per heavy atom. The van der Waals surface area contributed by atoms with Gasteiger partial charge in [0.15, 0.2) is 0 Å². The minimum absolute atomic E-state index is 0.108. The summed E-state index contributed by atoms with van der Waals surface area (Å²) in [6.45, 7) is 3.41. The first-order valence-corrected chi connectivity index (χ1v) is 10.1. The lowest BCUT2D eigenvalue weighted by Gasteiger charge is -2.05. The van der Waals surface area contributed by atoms with Crippen molar-refractivity contribution < 1.29 is 19.8 Å². The van der Waals surface area contributed by atoms with Crippen LogP contribution < -0.4 is 10.9 Å². The topological polar surface area (TPSA) is 123 Å². The van der Waals surface area contributed by atoms with Crippen LogP contribution in [0.1, 0.15) is 57.1 Å². The molecule has 2 aromatic rings. The summed E-state index contributed by atoms with van der Waals surface area (Å²) in [5.74, 6) is -0.225. The highest BCUT2D eigenvalue weighted by Gasteiger charge is 2.07. The van der Waals surface area contributed by atoms with Gasteiger partial charge in [-0.15, -0.1) is 0 Å². The molecule has 0 bridgehead atoms. The number of rotatable bonds is 10. The van der Waals surface area contributed by atoms with Gasteiger partial charge in [0.1, 0.15) is 11.5 Å². The van der Waals surface area contributed by atoms with Gasteiger partial charge in [-0.2, -0.15) is 10.2 Å². The number of unbranched alkanes of at least 4 members (excludes halogenated alkanes) is 2. The molecule has 8 nitrogen and oxygen atoms in total. The van der Waals surface area contributed by atoms with Gasteiger partial charge < -0.3 is 10.2 Å². The largest absolute Gasteiger partial charge is 0.507 e. The standard InChI is InChI=1S/C23H28N4O4/c1-16(18-10-6-8-12-20(18)28)24-26-22(30)14-4-3-5-15-23(31)27-25-17(2)19-11-7-9-13-21(19)29/h6-13,28-29H,3-5,14-15H2,1-2H3,(H,26,30)(H,27,31). The number of carbonyl (C=O) groups excluding carboxylic acids is 2. The summed E-state index contributed by atoms with van der Waals surface area (Å²) in [5.41, 5.74) is 7.12. The SMILES string of the molecule is CC(=NNC(=O)CCCCCC(=O)NN=C(C)c1ccccc1O)c1ccccc1O. The van der Waals surface area contributed by atoms with Crippen molar-refractivity contribution in [3.63, 3.8) is 0 Å². The molecule has 0 unspecified atom stereocenters. The zero-order valence-electron chi connectivity index (χ0n) is 17.8. The molecule has 4 N–H and O–H groups in total. The van der Waals surface area contributed by atoms with Crippen LogP contribution in [0, 0.1) is 0 Å². The summed E-state index contributed by atoms with van der Waals surface area (Å²) in [6, 6.07) is 13.6. The Bertz CT molecular complexity index is 892. The minimum atomic E-state index is -0.220. The van der Waals surface area contributed by atoms with Gasteiger partial charge in [-0.05, 0) is 51.0 Å². The minimum Gasteiger partial charge on any atom is -0.507 e. The molecule has 8 heteroatoms. The first-order chi connectivity index (χ1) is 14.9. The Morgan fingerprint density at radius 2 is 1.10 bits per heavy atom. The fourth-order valence-corrected chi connectivity index (χ4v) is 2.83. The maximum atomic E-state index is 11.9. The van der Waals surface area contributed by atoms with E-state index >= 15 is 0 Å². The van der Waals surface area contributed by atoms with Crippen molar-refractivity contribution in [2.45, 2.75) is 46.0 Å². The molecule has 2 aromatic carbocycles. The third-order valence-corrected chi connectivity index (χ3v) is 4.59. The summed E-state index contributed by atoms with van der Waals surface area (Å²) in [6.07, 6.45) is 2.56. The van der Waals surface area contributed by atoms with E-state index in [9.17, 15) is 19.8 Å². The van der Waals surface area contributed by atoms with E-state index in [-0.39, 0.29) is 23.3 Å². The quantitative estimate of drug-likeness (QED) is 0.265. The Balaban J connectivity index is 1.64. The molecular weight excluding hydrogens is 396 g/mol. The normalized spacial score (nSPS) is 11.8. The Morgan fingerprint density at radius 3 is 1.48 bits per heavy atom. The fraction of sp³-hybridized carbons (Fsp3) is 0.304. The highest BCUT2D eigenvalue weighted by molar-refractivity contribution is 6.02. The number of amides is 2. The van der Waals surface area contributed by atoms with Crippen molar-refractivity contribution in [1.82, 2.24) is 10.9 Å². The first-order valence-electron chi connectivity index (χ1n) is 10.1. The average molecular weight is 425 g/mol. The second-order valence-electron chi connectivity index (χ2n) is 7.06. The molecule has 2 rings (SSSR count). The van der Waals surface area contributed by atoms with Crippen molar-refractivity contribution in [2.24, 2.45) is 10.2 Å². The maximum Gasteiger partial charge on any atom is 0.240 e. The summed E-state index contributed by atoms with van der Waals surface area (Å²) in [5, 5.41) is 27.6. The number of hydrogen-bond acceptors (Lipinski definition) is 6. The van der Waals surface area contributed by atoms with Gasteiger partial charge in [0, 0.05) is 24.0 Å². The zero-order valence-corrected chi connectivity index (χ0v) is 17.8. The van der Waals surface area contributed by atoms with E-state index in [2.05, 4.69) is 21.1 Å². The van der Waals surface area contributed by atoms with Gasteiger partial charge in [0.25, 0.3) is 0 Å². The van der Waals surface area contributed by atoms with Crippen molar-refractivity contribution in [3.05, 3.63) is 59.7 Å². The van der Waals surface area contributed by atoms with Crippen LogP contribution in [-0.2, 0) is 9.59 Å². The van der Waals surface area contributed by atoms with Crippen LogP contribution in [0.5, 0.6) is 11.5 Å². The predicted octanol–water partition coefficient (Wildman–Crippen LogP) is 3.43. The summed E-state index contributed by atoms with van der Waals surface area (Å²) >= 11 is 0. The van der Waals surface area contributed by atoms with Crippen molar-refractivity contribution in [1.29, 1.82) is 0 Å². The van der Waals surface area contributed by atoms with Gasteiger partial charge in [-0.1, -0.05) is 30.7 Å². The lowest BCUT2D eigenvalue weighted by atomic mass is 10.1. The number of nitrogens with zero attached hydrogens (tertiary/aromatic N) is 2. The lowest BCUT2D eigenvalue weighted by molar-refractivity contribution is -0.121. The molecule has 0 aromatic heterocycles. The molecule has 2 amide bonds. The van der Waals surface area contributed by atoms with Crippen molar-refractivity contribution in [3.8, 4) is 11.5 Å². The average Bonchev–Trinajstić information content (AvgIpc) is 2.76. The van der Waals surface area contributed by atoms with E-state index in [1.165, 1.54) is 0 Å². The number of phenolic OH excluding ortho intramolecular Hbond substituents is 2. The van der Waals surface area contributed by atoms with E-state index in [4.69, 9.17) is 0 Å². The third kappa shape index (κ3) is 7.93. The van der Waals surface area contributed by atoms with Crippen molar-refractivity contribution in [2.75, 3.05) is 0 Å². The molecule has 0 fully saturated rings. The van der Waals surface area contributed by atoms with Crippen LogP contribution in [-0.4, -0.2) is 33.5 Å². The summed E-state index contributed by atoms with van der Waals surface area (Å²) in [4.78, 5) is 23.8. The van der Waals surface area contributed by atoms with E-state index in [0.717, 1.165) is 0 Å². The first kappa shape index (κ1) is 23.6. The number of hydrazone groups is 2. The fourth-order valence-electron chi connectivity index (χ4n) is 2.83. The molecule has 0 atom stereocenters. The number of phenols is 2. The number of nitrogens with one attached hydrogen (secondary N) is 2. The molecular formula is C23H28N4O4. The molecule has 0 aliphatic rings. The third-order valence-electron chi connectivity index (χ3n) is 4.59. The van der Waals surface area contributed by atoms with E-state index in [1.807, 2.05) is 0 Å². The molecule has 0 saturated heterocycles. The Hall–Kier alpha value is -3.68. The van der Waals surface area contributed by atoms with E-state index in [1.54, 1.807) is 62.4 Å². The van der Waals surface area contributed by atoms with Gasteiger partial charge in [-0.3, -0.25) is 9.59 Å². The molecule has 0 heterocycles. The highest BCUT2D eigenvalue weighted by atomic mass is 16.3. The number of carbonyl (C=O) groups is 2. The van der Waals surface area contributed by atoms with Crippen molar-refractivity contribution >= 4 is 23.2 Å². The summed E-state index contributed by atoms with van der Waals surface area (Å²) < 4.78 is 0. The van der Waals surface area contributed by atoms with E-state index < -0.39 is 0 Å². The van der Waals surface area contributed by atoms with Gasteiger partial charge in [0.05, 0.1) is 11.4 Å². The summed E-state index contributed by atoms with van der Waals surface area (Å²) in [7, 11) is 0. The smallest absolute Gasteiger partial charge is 0.240 e. The predicted molar refractivity (Wildman–Crippen MR) is 120 cm³/mol. The molecule has 0 saturated carbocycles. The van der Waals surface area contributed by atoms with Gasteiger partial charge in [0.2, 0.25) is 11.8 Å². The molecule has 31 heavy (non-hydrogen) atoms. The number of hydrogen-bond donors (Lipinski definition) is 4. The maximum absolute atomic E-state index is 11.9. The molecule has 0 radical (unpaired) electrons. The second-order valence-corrected chi connectivity index (χ2v) is 7.06. The molecule has 0 spiro atoms. The second kappa shape index (κ2) is 12.1. The number of benzene rings is 2. The Labute approximate surface area is 181 Å². The van der Waals surface area contributed by atoms with Crippen LogP contribution in [0.4, 0.5) is 0 Å². The molecule has 164 valence electrons. The number of para-hydroxylation sites is 2. The van der Waals surface area contributed by atoms with Crippen LogP contribution in [0.25, 0.3) is 0 Å². The van der Waals surface area contributed by atoms with Crippen LogP contribution in [0.2, 0.25) is 0 Å². The molecule has 0 aliphatic heterocycles. The van der Waals surface area contributed by atoms with Gasteiger partial charge in [-0.25, -0.2) is 10.9 Å². The Kier molecular flexibility index (Phi) is 9.22. The highest BCUT2D eigenvalue weighted by Crippen LogP contribution is 2.17. The number of aromatic hydroxyl groups is 2. The van der Waals surface area contributed by atoms with Crippen LogP contribution in [0.15, 0.2) is 58.7 Å². The van der Waals surface area contributed by atoms with Gasteiger partial charge >= 0.3 is 0 Å². The molecule has 0 aliphatic carbocycles.